The Labute approximate surface area is 142 Å². The van der Waals surface area contributed by atoms with Crippen molar-refractivity contribution in [3.8, 4) is 0 Å². The molecule has 0 aliphatic rings. The molecule has 3 nitrogen and oxygen atoms in total. The van der Waals surface area contributed by atoms with Gasteiger partial charge in [0.2, 0.25) is 0 Å². The van der Waals surface area contributed by atoms with Crippen LogP contribution in [-0.4, -0.2) is 6.03 Å². The van der Waals surface area contributed by atoms with Gasteiger partial charge in [0, 0.05) is 11.4 Å². The van der Waals surface area contributed by atoms with Gasteiger partial charge >= 0.3 is 12.2 Å². The molecule has 2 amide bonds. The summed E-state index contributed by atoms with van der Waals surface area (Å²) in [6.07, 6.45) is -4.59. The number of benzene rings is 2. The summed E-state index contributed by atoms with van der Waals surface area (Å²) in [7, 11) is 0. The van der Waals surface area contributed by atoms with Crippen molar-refractivity contribution in [1.82, 2.24) is 0 Å². The van der Waals surface area contributed by atoms with E-state index < -0.39 is 22.8 Å². The SMILES string of the molecule is CC(C)c1ccc(NC(=O)Nc2ccc(Cl)c(C(F)(F)F)c2)cc1. The Kier molecular flexibility index (Phi) is 5.39. The molecule has 0 spiro atoms. The molecule has 0 radical (unpaired) electrons. The highest BCUT2D eigenvalue weighted by atomic mass is 35.5. The molecule has 7 heteroatoms. The predicted octanol–water partition coefficient (Wildman–Crippen LogP) is 6.13. The van der Waals surface area contributed by atoms with Gasteiger partial charge in [-0.1, -0.05) is 37.6 Å². The smallest absolute Gasteiger partial charge is 0.308 e. The molecule has 128 valence electrons. The monoisotopic (exact) mass is 356 g/mol. The highest BCUT2D eigenvalue weighted by molar-refractivity contribution is 6.31. The zero-order valence-corrected chi connectivity index (χ0v) is 13.8. The third kappa shape index (κ3) is 4.64. The second-order valence-corrected chi connectivity index (χ2v) is 5.96. The van der Waals surface area contributed by atoms with Crippen LogP contribution in [0.4, 0.5) is 29.3 Å². The molecular weight excluding hydrogens is 341 g/mol. The van der Waals surface area contributed by atoms with Crippen LogP contribution in [0.3, 0.4) is 0 Å². The number of alkyl halides is 3. The van der Waals surface area contributed by atoms with Crippen molar-refractivity contribution in [3.05, 3.63) is 58.6 Å². The minimum Gasteiger partial charge on any atom is -0.308 e. The molecule has 24 heavy (non-hydrogen) atoms. The lowest BCUT2D eigenvalue weighted by Crippen LogP contribution is -2.20. The maximum absolute atomic E-state index is 12.8. The molecule has 0 aliphatic carbocycles. The van der Waals surface area contributed by atoms with Gasteiger partial charge in [-0.25, -0.2) is 4.79 Å². The lowest BCUT2D eigenvalue weighted by atomic mass is 10.0. The van der Waals surface area contributed by atoms with Crippen LogP contribution in [0.2, 0.25) is 5.02 Å². The number of carbonyl (C=O) groups excluding carboxylic acids is 1. The van der Waals surface area contributed by atoms with Crippen LogP contribution in [-0.2, 0) is 6.18 Å². The van der Waals surface area contributed by atoms with E-state index in [0.29, 0.717) is 11.6 Å². The molecule has 0 heterocycles. The van der Waals surface area contributed by atoms with E-state index in [1.54, 1.807) is 12.1 Å². The van der Waals surface area contributed by atoms with E-state index in [-0.39, 0.29) is 5.69 Å². The van der Waals surface area contributed by atoms with E-state index >= 15 is 0 Å². The summed E-state index contributed by atoms with van der Waals surface area (Å²) in [5.41, 5.74) is 0.668. The lowest BCUT2D eigenvalue weighted by molar-refractivity contribution is -0.137. The van der Waals surface area contributed by atoms with E-state index in [1.807, 2.05) is 26.0 Å². The van der Waals surface area contributed by atoms with Gasteiger partial charge in [-0.15, -0.1) is 0 Å². The van der Waals surface area contributed by atoms with Crippen LogP contribution < -0.4 is 10.6 Å². The molecule has 2 N–H and O–H groups in total. The van der Waals surface area contributed by atoms with Gasteiger partial charge < -0.3 is 10.6 Å². The van der Waals surface area contributed by atoms with Crippen molar-refractivity contribution in [3.63, 3.8) is 0 Å². The van der Waals surface area contributed by atoms with E-state index in [0.717, 1.165) is 17.7 Å². The molecule has 0 unspecified atom stereocenters. The number of anilines is 2. The number of hydrogen-bond donors (Lipinski definition) is 2. The summed E-state index contributed by atoms with van der Waals surface area (Å²) in [6.45, 7) is 4.10. The average molecular weight is 357 g/mol. The number of carbonyl (C=O) groups is 1. The van der Waals surface area contributed by atoms with Crippen molar-refractivity contribution in [2.24, 2.45) is 0 Å². The fourth-order valence-corrected chi connectivity index (χ4v) is 2.29. The van der Waals surface area contributed by atoms with Crippen LogP contribution in [0.5, 0.6) is 0 Å². The molecule has 2 aromatic carbocycles. The Morgan fingerprint density at radius 2 is 1.54 bits per heavy atom. The molecule has 0 aromatic heterocycles. The van der Waals surface area contributed by atoms with Crippen molar-refractivity contribution >= 4 is 29.0 Å². The molecule has 2 rings (SSSR count). The molecule has 0 fully saturated rings. The fourth-order valence-electron chi connectivity index (χ4n) is 2.07. The zero-order valence-electron chi connectivity index (χ0n) is 13.0. The molecule has 2 aromatic rings. The van der Waals surface area contributed by atoms with E-state index in [2.05, 4.69) is 10.6 Å². The molecule has 0 atom stereocenters. The molecular formula is C17H16ClF3N2O. The second-order valence-electron chi connectivity index (χ2n) is 5.55. The Hall–Kier alpha value is -2.21. The van der Waals surface area contributed by atoms with Crippen molar-refractivity contribution < 1.29 is 18.0 Å². The van der Waals surface area contributed by atoms with E-state index in [4.69, 9.17) is 11.6 Å². The Bertz CT molecular complexity index is 728. The zero-order chi connectivity index (χ0) is 17.9. The summed E-state index contributed by atoms with van der Waals surface area (Å²) in [5, 5.41) is 4.51. The maximum atomic E-state index is 12.8. The first kappa shape index (κ1) is 18.1. The largest absolute Gasteiger partial charge is 0.417 e. The number of hydrogen-bond acceptors (Lipinski definition) is 1. The van der Waals surface area contributed by atoms with Gasteiger partial charge in [0.15, 0.2) is 0 Å². The van der Waals surface area contributed by atoms with Crippen molar-refractivity contribution in [2.45, 2.75) is 25.9 Å². The average Bonchev–Trinajstić information content (AvgIpc) is 2.48. The number of rotatable bonds is 3. The minimum absolute atomic E-state index is 0.00280. The highest BCUT2D eigenvalue weighted by Crippen LogP contribution is 2.36. The summed E-state index contributed by atoms with van der Waals surface area (Å²) in [6, 6.07) is 9.78. The van der Waals surface area contributed by atoms with Gasteiger partial charge in [0.1, 0.15) is 0 Å². The summed E-state index contributed by atoms with van der Waals surface area (Å²) in [5.74, 6) is 0.364. The third-order valence-corrected chi connectivity index (χ3v) is 3.69. The molecule has 0 saturated carbocycles. The quantitative estimate of drug-likeness (QED) is 0.682. The third-order valence-electron chi connectivity index (χ3n) is 3.36. The van der Waals surface area contributed by atoms with Crippen LogP contribution in [0.15, 0.2) is 42.5 Å². The fraction of sp³-hybridized carbons (Fsp3) is 0.235. The lowest BCUT2D eigenvalue weighted by Gasteiger charge is -2.13. The van der Waals surface area contributed by atoms with Crippen LogP contribution >= 0.6 is 11.6 Å². The van der Waals surface area contributed by atoms with Gasteiger partial charge in [0.05, 0.1) is 10.6 Å². The Balaban J connectivity index is 2.07. The maximum Gasteiger partial charge on any atom is 0.417 e. The van der Waals surface area contributed by atoms with Gasteiger partial charge in [0.25, 0.3) is 0 Å². The Morgan fingerprint density at radius 3 is 2.08 bits per heavy atom. The first-order valence-electron chi connectivity index (χ1n) is 7.21. The second kappa shape index (κ2) is 7.13. The molecule has 0 aliphatic heterocycles. The molecule has 0 bridgehead atoms. The van der Waals surface area contributed by atoms with Crippen molar-refractivity contribution in [1.29, 1.82) is 0 Å². The van der Waals surface area contributed by atoms with Crippen LogP contribution in [0, 0.1) is 0 Å². The number of nitrogens with one attached hydrogen (secondary N) is 2. The normalized spacial score (nSPS) is 11.5. The summed E-state index contributed by atoms with van der Waals surface area (Å²) >= 11 is 5.54. The first-order chi connectivity index (χ1) is 11.2. The van der Waals surface area contributed by atoms with E-state index in [1.165, 1.54) is 6.07 Å². The molecule has 0 saturated heterocycles. The van der Waals surface area contributed by atoms with Crippen LogP contribution in [0.25, 0.3) is 0 Å². The summed E-state index contributed by atoms with van der Waals surface area (Å²) < 4.78 is 38.4. The topological polar surface area (TPSA) is 41.1 Å². The van der Waals surface area contributed by atoms with Gasteiger partial charge in [-0.05, 0) is 41.8 Å². The standard InChI is InChI=1S/C17H16ClF3N2O/c1-10(2)11-3-5-12(6-4-11)22-16(24)23-13-7-8-15(18)14(9-13)17(19,20)21/h3-10H,1-2H3,(H2,22,23,24). The van der Waals surface area contributed by atoms with Crippen molar-refractivity contribution in [2.75, 3.05) is 10.6 Å². The highest BCUT2D eigenvalue weighted by Gasteiger charge is 2.33. The predicted molar refractivity (Wildman–Crippen MR) is 89.6 cm³/mol. The van der Waals surface area contributed by atoms with Gasteiger partial charge in [-0.2, -0.15) is 13.2 Å². The number of urea groups is 1. The Morgan fingerprint density at radius 1 is 1.00 bits per heavy atom. The number of halogens is 4. The number of amides is 2. The first-order valence-corrected chi connectivity index (χ1v) is 7.59. The minimum atomic E-state index is -4.59. The van der Waals surface area contributed by atoms with Crippen LogP contribution in [0.1, 0.15) is 30.9 Å². The van der Waals surface area contributed by atoms with E-state index in [9.17, 15) is 18.0 Å². The van der Waals surface area contributed by atoms with Gasteiger partial charge in [-0.3, -0.25) is 0 Å². The summed E-state index contributed by atoms with van der Waals surface area (Å²) in [4.78, 5) is 11.9.